The van der Waals surface area contributed by atoms with Gasteiger partial charge in [-0.3, -0.25) is 9.59 Å². The number of carbonyl (C=O) groups is 3. The molecule has 3 aromatic rings. The Bertz CT molecular complexity index is 1560. The lowest BCUT2D eigenvalue weighted by Gasteiger charge is -2.21. The molecule has 0 fully saturated rings. The Hall–Kier alpha value is -5.09. The summed E-state index contributed by atoms with van der Waals surface area (Å²) in [4.78, 5) is 41.3. The maximum Gasteiger partial charge on any atom is 0.337 e. The van der Waals surface area contributed by atoms with Crippen molar-refractivity contribution in [1.82, 2.24) is 4.90 Å². The van der Waals surface area contributed by atoms with E-state index in [1.807, 2.05) is 49.3 Å². The zero-order valence-corrected chi connectivity index (χ0v) is 22.5. The molecule has 10 nitrogen and oxygen atoms in total. The van der Waals surface area contributed by atoms with Gasteiger partial charge < -0.3 is 34.6 Å². The fourth-order valence-corrected chi connectivity index (χ4v) is 4.43. The lowest BCUT2D eigenvalue weighted by atomic mass is 9.98. The number of esters is 1. The van der Waals surface area contributed by atoms with Crippen molar-refractivity contribution >= 4 is 46.1 Å². The molecule has 0 aliphatic carbocycles. The van der Waals surface area contributed by atoms with Crippen LogP contribution in [0.2, 0.25) is 0 Å². The normalized spacial score (nSPS) is 14.4. The molecular weight excluding hydrogens is 512 g/mol. The number of benzene rings is 3. The molecule has 2 heterocycles. The number of anilines is 3. The quantitative estimate of drug-likeness (QED) is 0.340. The summed E-state index contributed by atoms with van der Waals surface area (Å²) < 4.78 is 15.9. The molecule has 2 N–H and O–H groups in total. The number of rotatable bonds is 7. The first-order valence-electron chi connectivity index (χ1n) is 12.4. The smallest absolute Gasteiger partial charge is 0.337 e. The molecule has 0 aromatic heterocycles. The molecule has 204 valence electrons. The van der Waals surface area contributed by atoms with E-state index >= 15 is 0 Å². The molecule has 0 saturated carbocycles. The summed E-state index contributed by atoms with van der Waals surface area (Å²) in [6.45, 7) is 0.290. The Morgan fingerprint density at radius 1 is 0.900 bits per heavy atom. The standard InChI is InChI=1S/C30H28N4O6/c1-33(2)17-26(35)34(3)21-9-7-20(8-10-21)31-28(18-6-12-24-25(16-18)40-14-13-39-24)27-22-11-5-19(30(37)38-4)15-23(22)32-29(27)36/h5-16,31H,17H2,1-4H3,(H,32,36)/b28-27-. The molecule has 0 atom stereocenters. The fraction of sp³-hybridized carbons (Fsp3) is 0.167. The first-order valence-corrected chi connectivity index (χ1v) is 12.4. The van der Waals surface area contributed by atoms with Crippen LogP contribution < -0.4 is 25.0 Å². The fourth-order valence-electron chi connectivity index (χ4n) is 4.43. The van der Waals surface area contributed by atoms with Crippen LogP contribution in [0.25, 0.3) is 11.3 Å². The predicted molar refractivity (Wildman–Crippen MR) is 152 cm³/mol. The highest BCUT2D eigenvalue weighted by atomic mass is 16.5. The zero-order valence-electron chi connectivity index (χ0n) is 22.5. The molecule has 0 unspecified atom stereocenters. The summed E-state index contributed by atoms with van der Waals surface area (Å²) in [5.74, 6) is 0.173. The minimum Gasteiger partial charge on any atom is -0.465 e. The topological polar surface area (TPSA) is 109 Å². The molecule has 0 radical (unpaired) electrons. The molecule has 0 bridgehead atoms. The SMILES string of the molecule is COC(=O)c1ccc2c(c1)NC(=O)/C2=C(\Nc1ccc(N(C)C(=O)CN(C)C)cc1)c1ccc2c(c1)OC=CO2. The molecule has 40 heavy (non-hydrogen) atoms. The van der Waals surface area contributed by atoms with Gasteiger partial charge in [-0.2, -0.15) is 0 Å². The minimum atomic E-state index is -0.498. The van der Waals surface area contributed by atoms with Gasteiger partial charge in [0.15, 0.2) is 11.5 Å². The lowest BCUT2D eigenvalue weighted by molar-refractivity contribution is -0.119. The van der Waals surface area contributed by atoms with E-state index < -0.39 is 5.97 Å². The van der Waals surface area contributed by atoms with Crippen molar-refractivity contribution < 1.29 is 28.6 Å². The van der Waals surface area contributed by atoms with Gasteiger partial charge in [0.25, 0.3) is 5.91 Å². The summed E-state index contributed by atoms with van der Waals surface area (Å²) in [5.41, 5.74) is 4.47. The second-order valence-corrected chi connectivity index (χ2v) is 9.49. The summed E-state index contributed by atoms with van der Waals surface area (Å²) in [7, 11) is 6.72. The zero-order chi connectivity index (χ0) is 28.4. The first kappa shape index (κ1) is 26.5. The number of amides is 2. The van der Waals surface area contributed by atoms with E-state index in [0.717, 1.165) is 5.69 Å². The van der Waals surface area contributed by atoms with Crippen LogP contribution in [0, 0.1) is 0 Å². The van der Waals surface area contributed by atoms with Crippen molar-refractivity contribution in [2.24, 2.45) is 0 Å². The van der Waals surface area contributed by atoms with E-state index in [0.29, 0.717) is 50.8 Å². The molecule has 3 aromatic carbocycles. The summed E-state index contributed by atoms with van der Waals surface area (Å²) >= 11 is 0. The number of nitrogens with zero attached hydrogens (tertiary/aromatic N) is 2. The van der Waals surface area contributed by atoms with Crippen molar-refractivity contribution in [3.8, 4) is 11.5 Å². The van der Waals surface area contributed by atoms with Crippen molar-refractivity contribution in [2.75, 3.05) is 50.3 Å². The van der Waals surface area contributed by atoms with Gasteiger partial charge in [0.2, 0.25) is 5.91 Å². The molecule has 2 aliphatic heterocycles. The second-order valence-electron chi connectivity index (χ2n) is 9.49. The number of methoxy groups -OCH3 is 1. The maximum atomic E-state index is 13.3. The van der Waals surface area contributed by atoms with E-state index in [2.05, 4.69) is 10.6 Å². The third kappa shape index (κ3) is 5.25. The molecule has 10 heteroatoms. The van der Waals surface area contributed by atoms with Crippen molar-refractivity contribution in [2.45, 2.75) is 0 Å². The third-order valence-corrected chi connectivity index (χ3v) is 6.46. The van der Waals surface area contributed by atoms with Crippen LogP contribution >= 0.6 is 0 Å². The van der Waals surface area contributed by atoms with Gasteiger partial charge >= 0.3 is 5.97 Å². The van der Waals surface area contributed by atoms with Crippen LogP contribution in [0.3, 0.4) is 0 Å². The Kier molecular flexibility index (Phi) is 7.26. The summed E-state index contributed by atoms with van der Waals surface area (Å²) in [6, 6.07) is 17.6. The van der Waals surface area contributed by atoms with Gasteiger partial charge in [0.1, 0.15) is 12.5 Å². The Balaban J connectivity index is 1.55. The number of ether oxygens (including phenoxy) is 3. The Labute approximate surface area is 231 Å². The van der Waals surface area contributed by atoms with Gasteiger partial charge in [-0.15, -0.1) is 0 Å². The van der Waals surface area contributed by atoms with E-state index in [9.17, 15) is 14.4 Å². The number of hydrogen-bond donors (Lipinski definition) is 2. The van der Waals surface area contributed by atoms with E-state index in [1.165, 1.54) is 19.6 Å². The Morgan fingerprint density at radius 3 is 2.30 bits per heavy atom. The predicted octanol–water partition coefficient (Wildman–Crippen LogP) is 4.17. The lowest BCUT2D eigenvalue weighted by Crippen LogP contribution is -2.34. The Morgan fingerprint density at radius 2 is 1.60 bits per heavy atom. The van der Waals surface area contributed by atoms with Crippen LogP contribution in [-0.2, 0) is 14.3 Å². The van der Waals surface area contributed by atoms with Gasteiger partial charge in [0, 0.05) is 29.5 Å². The molecule has 0 saturated heterocycles. The van der Waals surface area contributed by atoms with E-state index in [1.54, 1.807) is 42.3 Å². The van der Waals surface area contributed by atoms with Crippen LogP contribution in [0.15, 0.2) is 73.2 Å². The highest BCUT2D eigenvalue weighted by Crippen LogP contribution is 2.40. The number of nitrogens with one attached hydrogen (secondary N) is 2. The number of likely N-dealkylation sites (N-methyl/N-ethyl adjacent to an activating group) is 2. The van der Waals surface area contributed by atoms with Gasteiger partial charge in [0.05, 0.1) is 36.2 Å². The largest absolute Gasteiger partial charge is 0.465 e. The number of fused-ring (bicyclic) bond motifs is 2. The monoisotopic (exact) mass is 540 g/mol. The van der Waals surface area contributed by atoms with E-state index in [4.69, 9.17) is 14.2 Å². The van der Waals surface area contributed by atoms with Gasteiger partial charge in [-0.05, 0) is 68.7 Å². The van der Waals surface area contributed by atoms with Crippen LogP contribution in [0.4, 0.5) is 17.1 Å². The molecule has 0 spiro atoms. The minimum absolute atomic E-state index is 0.0376. The van der Waals surface area contributed by atoms with Crippen molar-refractivity contribution in [3.63, 3.8) is 0 Å². The molecule has 5 rings (SSSR count). The molecule has 2 aliphatic rings. The summed E-state index contributed by atoms with van der Waals surface area (Å²) in [5, 5.41) is 6.25. The van der Waals surface area contributed by atoms with Crippen molar-refractivity contribution in [3.05, 3.63) is 89.9 Å². The average Bonchev–Trinajstić information content (AvgIpc) is 3.29. The number of hydrogen-bond acceptors (Lipinski definition) is 8. The molecule has 2 amide bonds. The number of carbonyl (C=O) groups excluding carboxylic acids is 3. The third-order valence-electron chi connectivity index (χ3n) is 6.46. The van der Waals surface area contributed by atoms with Crippen LogP contribution in [0.5, 0.6) is 11.5 Å². The van der Waals surface area contributed by atoms with E-state index in [-0.39, 0.29) is 18.4 Å². The van der Waals surface area contributed by atoms with Gasteiger partial charge in [-0.25, -0.2) is 4.79 Å². The van der Waals surface area contributed by atoms with Crippen LogP contribution in [-0.4, -0.2) is 57.5 Å². The molecular formula is C30H28N4O6. The summed E-state index contributed by atoms with van der Waals surface area (Å²) in [6.07, 6.45) is 2.88. The highest BCUT2D eigenvalue weighted by Gasteiger charge is 2.30. The average molecular weight is 541 g/mol. The second kappa shape index (κ2) is 11.0. The first-order chi connectivity index (χ1) is 19.2. The van der Waals surface area contributed by atoms with Gasteiger partial charge in [-0.1, -0.05) is 6.07 Å². The maximum absolute atomic E-state index is 13.3. The highest BCUT2D eigenvalue weighted by molar-refractivity contribution is 6.37. The van der Waals surface area contributed by atoms with Crippen molar-refractivity contribution in [1.29, 1.82) is 0 Å². The van der Waals surface area contributed by atoms with Crippen LogP contribution in [0.1, 0.15) is 21.5 Å².